The molecule has 0 aliphatic heterocycles. The summed E-state index contributed by atoms with van der Waals surface area (Å²) in [4.78, 5) is 18.3. The Morgan fingerprint density at radius 3 is 2.27 bits per heavy atom. The fraction of sp³-hybridized carbons (Fsp3) is 0.0417. The van der Waals surface area contributed by atoms with Crippen molar-refractivity contribution in [3.05, 3.63) is 107 Å². The highest BCUT2D eigenvalue weighted by Crippen LogP contribution is 2.25. The van der Waals surface area contributed by atoms with Gasteiger partial charge in [-0.15, -0.1) is 5.10 Å². The van der Waals surface area contributed by atoms with E-state index >= 15 is 0 Å². The summed E-state index contributed by atoms with van der Waals surface area (Å²) in [5.74, 6) is 0.102. The molecular formula is C24H17FN4O. The van der Waals surface area contributed by atoms with Crippen LogP contribution in [-0.4, -0.2) is 19.3 Å². The van der Waals surface area contributed by atoms with Crippen molar-refractivity contribution in [3.8, 4) is 22.8 Å². The van der Waals surface area contributed by atoms with Crippen LogP contribution >= 0.6 is 0 Å². The number of rotatable bonds is 3. The number of halogens is 1. The molecule has 2 heterocycles. The molecule has 0 saturated carbocycles. The highest BCUT2D eigenvalue weighted by Gasteiger charge is 2.18. The van der Waals surface area contributed by atoms with Gasteiger partial charge in [-0.05, 0) is 48.9 Å². The minimum absolute atomic E-state index is 0.257. The Kier molecular flexibility index (Phi) is 4.25. The Balaban J connectivity index is 1.84. The van der Waals surface area contributed by atoms with E-state index in [0.717, 1.165) is 16.8 Å². The number of fused-ring (bicyclic) bond motifs is 1. The molecule has 0 spiro atoms. The molecule has 5 aromatic rings. The van der Waals surface area contributed by atoms with E-state index in [1.807, 2.05) is 61.5 Å². The van der Waals surface area contributed by atoms with Crippen molar-refractivity contribution in [1.82, 2.24) is 19.3 Å². The molecule has 0 atom stereocenters. The zero-order valence-electron chi connectivity index (χ0n) is 16.2. The molecule has 0 aliphatic carbocycles. The van der Waals surface area contributed by atoms with Gasteiger partial charge in [0.15, 0.2) is 5.65 Å². The minimum atomic E-state index is -0.366. The van der Waals surface area contributed by atoms with Crippen LogP contribution in [0.1, 0.15) is 5.56 Å². The summed E-state index contributed by atoms with van der Waals surface area (Å²) in [6, 6.07) is 23.1. The van der Waals surface area contributed by atoms with Gasteiger partial charge >= 0.3 is 0 Å². The van der Waals surface area contributed by atoms with Crippen molar-refractivity contribution >= 4 is 11.0 Å². The van der Waals surface area contributed by atoms with Crippen molar-refractivity contribution < 1.29 is 4.39 Å². The standard InChI is InChI=1S/C24H17FN4O/c1-16-7-5-6-10-20(16)23-26-22-21(15-28(27-22)18-8-3-2-4-9-18)24(30)29(23)19-13-11-17(25)12-14-19/h2-15H,1H3. The SMILES string of the molecule is Cc1ccccc1-c1nc2nn(-c3ccccc3)cc2c(=O)n1-c1ccc(F)cc1. The molecule has 0 saturated heterocycles. The van der Waals surface area contributed by atoms with E-state index in [1.54, 1.807) is 23.0 Å². The Bertz CT molecular complexity index is 1420. The number of hydrogen-bond donors (Lipinski definition) is 0. The van der Waals surface area contributed by atoms with Crippen LogP contribution in [0.15, 0.2) is 89.9 Å². The average molecular weight is 396 g/mol. The summed E-state index contributed by atoms with van der Waals surface area (Å²) in [5, 5.41) is 4.93. The second kappa shape index (κ2) is 7.08. The fourth-order valence-electron chi connectivity index (χ4n) is 3.51. The number of nitrogens with zero attached hydrogens (tertiary/aromatic N) is 4. The average Bonchev–Trinajstić information content (AvgIpc) is 3.20. The van der Waals surface area contributed by atoms with Crippen molar-refractivity contribution in [2.75, 3.05) is 0 Å². The van der Waals surface area contributed by atoms with Gasteiger partial charge < -0.3 is 0 Å². The maximum atomic E-state index is 13.5. The van der Waals surface area contributed by atoms with E-state index in [1.165, 1.54) is 16.7 Å². The lowest BCUT2D eigenvalue weighted by Crippen LogP contribution is -2.21. The third-order valence-corrected chi connectivity index (χ3v) is 5.04. The summed E-state index contributed by atoms with van der Waals surface area (Å²) in [7, 11) is 0. The van der Waals surface area contributed by atoms with Crippen LogP contribution in [0.5, 0.6) is 0 Å². The first-order valence-electron chi connectivity index (χ1n) is 9.51. The summed E-state index contributed by atoms with van der Waals surface area (Å²) >= 11 is 0. The van der Waals surface area contributed by atoms with Crippen LogP contribution in [0.2, 0.25) is 0 Å². The predicted molar refractivity (Wildman–Crippen MR) is 115 cm³/mol. The summed E-state index contributed by atoms with van der Waals surface area (Å²) < 4.78 is 16.7. The normalized spacial score (nSPS) is 11.1. The van der Waals surface area contributed by atoms with Crippen LogP contribution in [0, 0.1) is 12.7 Å². The minimum Gasteiger partial charge on any atom is -0.268 e. The maximum Gasteiger partial charge on any atom is 0.269 e. The van der Waals surface area contributed by atoms with E-state index in [0.29, 0.717) is 22.5 Å². The van der Waals surface area contributed by atoms with Gasteiger partial charge in [-0.3, -0.25) is 9.36 Å². The molecule has 2 aromatic heterocycles. The van der Waals surface area contributed by atoms with Crippen LogP contribution < -0.4 is 5.56 Å². The molecule has 0 N–H and O–H groups in total. The first kappa shape index (κ1) is 18.0. The van der Waals surface area contributed by atoms with E-state index in [9.17, 15) is 9.18 Å². The van der Waals surface area contributed by atoms with Crippen LogP contribution in [-0.2, 0) is 0 Å². The molecule has 0 fully saturated rings. The monoisotopic (exact) mass is 396 g/mol. The number of aryl methyl sites for hydroxylation is 1. The molecule has 6 heteroatoms. The number of benzene rings is 3. The van der Waals surface area contributed by atoms with Crippen molar-refractivity contribution in [2.45, 2.75) is 6.92 Å². The molecule has 3 aromatic carbocycles. The first-order chi connectivity index (χ1) is 14.6. The Labute approximate surface area is 171 Å². The molecule has 0 unspecified atom stereocenters. The van der Waals surface area contributed by atoms with Crippen molar-refractivity contribution in [3.63, 3.8) is 0 Å². The van der Waals surface area contributed by atoms with E-state index in [4.69, 9.17) is 4.98 Å². The first-order valence-corrected chi connectivity index (χ1v) is 9.51. The van der Waals surface area contributed by atoms with Gasteiger partial charge in [-0.25, -0.2) is 14.1 Å². The van der Waals surface area contributed by atoms with Gasteiger partial charge in [0.25, 0.3) is 5.56 Å². The Morgan fingerprint density at radius 1 is 0.833 bits per heavy atom. The van der Waals surface area contributed by atoms with Gasteiger partial charge in [0, 0.05) is 11.8 Å². The largest absolute Gasteiger partial charge is 0.269 e. The summed E-state index contributed by atoms with van der Waals surface area (Å²) in [6.07, 6.45) is 1.68. The topological polar surface area (TPSA) is 52.7 Å². The third kappa shape index (κ3) is 2.99. The molecule has 5 nitrogen and oxygen atoms in total. The summed E-state index contributed by atoms with van der Waals surface area (Å²) in [6.45, 7) is 1.96. The van der Waals surface area contributed by atoms with Crippen LogP contribution in [0.4, 0.5) is 4.39 Å². The molecule has 5 rings (SSSR count). The third-order valence-electron chi connectivity index (χ3n) is 5.04. The molecular weight excluding hydrogens is 379 g/mol. The van der Waals surface area contributed by atoms with Gasteiger partial charge in [0.1, 0.15) is 17.0 Å². The number of aromatic nitrogens is 4. The fourth-order valence-corrected chi connectivity index (χ4v) is 3.51. The number of hydrogen-bond acceptors (Lipinski definition) is 3. The molecule has 0 radical (unpaired) electrons. The van der Waals surface area contributed by atoms with Crippen molar-refractivity contribution in [2.24, 2.45) is 0 Å². The lowest BCUT2D eigenvalue weighted by Gasteiger charge is -2.13. The van der Waals surface area contributed by atoms with Crippen LogP contribution in [0.3, 0.4) is 0 Å². The molecule has 0 bridgehead atoms. The maximum absolute atomic E-state index is 13.5. The predicted octanol–water partition coefficient (Wildman–Crippen LogP) is 4.69. The van der Waals surface area contributed by atoms with Gasteiger partial charge in [-0.2, -0.15) is 0 Å². The molecule has 30 heavy (non-hydrogen) atoms. The zero-order chi connectivity index (χ0) is 20.7. The second-order valence-electron chi connectivity index (χ2n) is 7.01. The number of para-hydroxylation sites is 1. The zero-order valence-corrected chi connectivity index (χ0v) is 16.2. The molecule has 0 aliphatic rings. The quantitative estimate of drug-likeness (QED) is 0.445. The lowest BCUT2D eigenvalue weighted by atomic mass is 10.1. The van der Waals surface area contributed by atoms with Gasteiger partial charge in [0.05, 0.1) is 11.4 Å². The van der Waals surface area contributed by atoms with E-state index in [-0.39, 0.29) is 11.4 Å². The smallest absolute Gasteiger partial charge is 0.268 e. The Morgan fingerprint density at radius 2 is 1.53 bits per heavy atom. The lowest BCUT2D eigenvalue weighted by molar-refractivity contribution is 0.627. The van der Waals surface area contributed by atoms with E-state index in [2.05, 4.69) is 5.10 Å². The second-order valence-corrected chi connectivity index (χ2v) is 7.01. The summed E-state index contributed by atoms with van der Waals surface area (Å²) in [5.41, 5.74) is 3.27. The van der Waals surface area contributed by atoms with E-state index < -0.39 is 0 Å². The molecule has 146 valence electrons. The highest BCUT2D eigenvalue weighted by atomic mass is 19.1. The van der Waals surface area contributed by atoms with Gasteiger partial charge in [-0.1, -0.05) is 42.5 Å². The Hall–Kier alpha value is -4.06. The van der Waals surface area contributed by atoms with Crippen molar-refractivity contribution in [1.29, 1.82) is 0 Å². The molecule has 0 amide bonds. The van der Waals surface area contributed by atoms with Gasteiger partial charge in [0.2, 0.25) is 0 Å². The van der Waals surface area contributed by atoms with Crippen LogP contribution in [0.25, 0.3) is 33.8 Å². The highest BCUT2D eigenvalue weighted by molar-refractivity contribution is 5.78.